The molecule has 3 N–H and O–H groups in total. The molecule has 0 radical (unpaired) electrons. The third-order valence-corrected chi connectivity index (χ3v) is 2.21. The Bertz CT molecular complexity index is 479. The Balaban J connectivity index is 2.52. The van der Waals surface area contributed by atoms with E-state index < -0.39 is 23.8 Å². The van der Waals surface area contributed by atoms with E-state index in [1.165, 1.54) is 12.1 Å². The van der Waals surface area contributed by atoms with Gasteiger partial charge in [0.2, 0.25) is 0 Å². The molecule has 0 saturated heterocycles. The summed E-state index contributed by atoms with van der Waals surface area (Å²) >= 11 is 0. The fraction of sp³-hybridized carbons (Fsp3) is 0.462. The average molecular weight is 282 g/mol. The Hall–Kier alpha value is -2.15. The number of aromatic nitrogens is 1. The maximum Gasteiger partial charge on any atom is 0.407 e. The van der Waals surface area contributed by atoms with Crippen LogP contribution < -0.4 is 5.32 Å². The Labute approximate surface area is 116 Å². The second kappa shape index (κ2) is 6.33. The van der Waals surface area contributed by atoms with E-state index in [0.29, 0.717) is 0 Å². The van der Waals surface area contributed by atoms with Crippen LogP contribution in [-0.4, -0.2) is 39.4 Å². The van der Waals surface area contributed by atoms with Crippen molar-refractivity contribution in [3.8, 4) is 0 Å². The van der Waals surface area contributed by atoms with E-state index in [9.17, 15) is 14.7 Å². The Kier molecular flexibility index (Phi) is 5.04. The number of hydrogen-bond donors (Lipinski definition) is 3. The van der Waals surface area contributed by atoms with Crippen molar-refractivity contribution in [2.75, 3.05) is 6.54 Å². The molecule has 0 aliphatic carbocycles. The van der Waals surface area contributed by atoms with Gasteiger partial charge < -0.3 is 20.3 Å². The lowest BCUT2D eigenvalue weighted by Crippen LogP contribution is -2.34. The molecule has 20 heavy (non-hydrogen) atoms. The number of aromatic carboxylic acids is 1. The summed E-state index contributed by atoms with van der Waals surface area (Å²) in [6.45, 7) is 5.12. The molecule has 0 saturated carbocycles. The minimum absolute atomic E-state index is 0.0288. The number of aliphatic hydroxyl groups is 1. The predicted octanol–water partition coefficient (Wildman–Crippen LogP) is 1.34. The average Bonchev–Trinajstić information content (AvgIpc) is 2.34. The molecule has 1 amide bonds. The fourth-order valence-electron chi connectivity index (χ4n) is 1.33. The highest BCUT2D eigenvalue weighted by Gasteiger charge is 2.17. The number of carboxylic acid groups (broad SMARTS) is 1. The predicted molar refractivity (Wildman–Crippen MR) is 70.4 cm³/mol. The fourth-order valence-corrected chi connectivity index (χ4v) is 1.33. The second-order valence-electron chi connectivity index (χ2n) is 5.18. The largest absolute Gasteiger partial charge is 0.478 e. The molecule has 0 aliphatic heterocycles. The molecule has 1 unspecified atom stereocenters. The summed E-state index contributed by atoms with van der Waals surface area (Å²) in [7, 11) is 0. The quantitative estimate of drug-likeness (QED) is 0.769. The monoisotopic (exact) mass is 282 g/mol. The zero-order valence-corrected chi connectivity index (χ0v) is 11.6. The zero-order chi connectivity index (χ0) is 15.3. The highest BCUT2D eigenvalue weighted by Crippen LogP contribution is 2.11. The summed E-state index contributed by atoms with van der Waals surface area (Å²) in [5.74, 6) is -1.09. The molecule has 0 fully saturated rings. The van der Waals surface area contributed by atoms with Crippen LogP contribution in [0.3, 0.4) is 0 Å². The van der Waals surface area contributed by atoms with Crippen molar-refractivity contribution in [2.45, 2.75) is 32.5 Å². The van der Waals surface area contributed by atoms with E-state index in [1.54, 1.807) is 20.8 Å². The number of ether oxygens (including phenoxy) is 1. The van der Waals surface area contributed by atoms with Crippen LogP contribution in [0, 0.1) is 0 Å². The highest BCUT2D eigenvalue weighted by atomic mass is 16.6. The molecule has 1 aromatic heterocycles. The first kappa shape index (κ1) is 15.9. The van der Waals surface area contributed by atoms with E-state index >= 15 is 0 Å². The lowest BCUT2D eigenvalue weighted by Gasteiger charge is -2.20. The number of nitrogens with zero attached hydrogens (tertiary/aromatic N) is 1. The molecular weight excluding hydrogens is 264 g/mol. The molecule has 0 aromatic carbocycles. The maximum absolute atomic E-state index is 11.4. The van der Waals surface area contributed by atoms with Gasteiger partial charge >= 0.3 is 12.1 Å². The molecule has 1 heterocycles. The maximum atomic E-state index is 11.4. The van der Waals surface area contributed by atoms with Gasteiger partial charge in [0.15, 0.2) is 0 Å². The number of carboxylic acids is 1. The molecule has 110 valence electrons. The van der Waals surface area contributed by atoms with E-state index in [0.717, 1.165) is 6.20 Å². The minimum Gasteiger partial charge on any atom is -0.478 e. The number of aliphatic hydroxyl groups excluding tert-OH is 1. The third-order valence-electron chi connectivity index (χ3n) is 2.21. The summed E-state index contributed by atoms with van der Waals surface area (Å²) in [6, 6.07) is 2.73. The van der Waals surface area contributed by atoms with Gasteiger partial charge in [0.25, 0.3) is 0 Å². The van der Waals surface area contributed by atoms with Crippen molar-refractivity contribution in [3.05, 3.63) is 29.6 Å². The number of alkyl carbamates (subject to hydrolysis) is 1. The van der Waals surface area contributed by atoms with Crippen LogP contribution in [0.5, 0.6) is 0 Å². The van der Waals surface area contributed by atoms with Gasteiger partial charge in [-0.2, -0.15) is 0 Å². The zero-order valence-electron chi connectivity index (χ0n) is 11.6. The van der Waals surface area contributed by atoms with Crippen molar-refractivity contribution in [2.24, 2.45) is 0 Å². The number of hydrogen-bond acceptors (Lipinski definition) is 5. The summed E-state index contributed by atoms with van der Waals surface area (Å²) < 4.78 is 5.02. The number of carbonyl (C=O) groups excluding carboxylic acids is 1. The van der Waals surface area contributed by atoms with E-state index in [-0.39, 0.29) is 17.8 Å². The van der Waals surface area contributed by atoms with Crippen LogP contribution in [0.25, 0.3) is 0 Å². The molecule has 0 bridgehead atoms. The molecule has 1 atom stereocenters. The number of carbonyl (C=O) groups is 2. The highest BCUT2D eigenvalue weighted by molar-refractivity contribution is 5.87. The van der Waals surface area contributed by atoms with Crippen molar-refractivity contribution >= 4 is 12.1 Å². The Morgan fingerprint density at radius 3 is 2.50 bits per heavy atom. The first-order valence-corrected chi connectivity index (χ1v) is 6.03. The van der Waals surface area contributed by atoms with E-state index in [2.05, 4.69) is 10.3 Å². The van der Waals surface area contributed by atoms with Crippen LogP contribution in [-0.2, 0) is 4.74 Å². The standard InChI is InChI=1S/C13H18N2O5/c1-13(2,3)20-12(19)15-7-10(16)9-5-4-8(6-14-9)11(17)18/h4-6,10,16H,7H2,1-3H3,(H,15,19)(H,17,18). The van der Waals surface area contributed by atoms with Crippen molar-refractivity contribution in [1.82, 2.24) is 10.3 Å². The summed E-state index contributed by atoms with van der Waals surface area (Å²) in [5, 5.41) is 20.9. The molecular formula is C13H18N2O5. The van der Waals surface area contributed by atoms with Crippen LogP contribution in [0.15, 0.2) is 18.3 Å². The second-order valence-corrected chi connectivity index (χ2v) is 5.18. The summed E-state index contributed by atoms with van der Waals surface area (Å²) in [5.41, 5.74) is -0.316. The van der Waals surface area contributed by atoms with Gasteiger partial charge in [-0.15, -0.1) is 0 Å². The normalized spacial score (nSPS) is 12.6. The molecule has 0 aliphatic rings. The van der Waals surface area contributed by atoms with Crippen molar-refractivity contribution in [3.63, 3.8) is 0 Å². The summed E-state index contributed by atoms with van der Waals surface area (Å²) in [4.78, 5) is 25.9. The van der Waals surface area contributed by atoms with Crippen LogP contribution in [0.2, 0.25) is 0 Å². The lowest BCUT2D eigenvalue weighted by atomic mass is 10.2. The van der Waals surface area contributed by atoms with Gasteiger partial charge in [0, 0.05) is 6.20 Å². The van der Waals surface area contributed by atoms with Gasteiger partial charge in [0.05, 0.1) is 17.8 Å². The number of nitrogens with one attached hydrogen (secondary N) is 1. The Morgan fingerprint density at radius 1 is 1.40 bits per heavy atom. The number of rotatable bonds is 4. The van der Waals surface area contributed by atoms with Crippen LogP contribution in [0.4, 0.5) is 4.79 Å². The van der Waals surface area contributed by atoms with Gasteiger partial charge in [0.1, 0.15) is 11.7 Å². The van der Waals surface area contributed by atoms with Crippen molar-refractivity contribution < 1.29 is 24.5 Å². The van der Waals surface area contributed by atoms with Gasteiger partial charge in [-0.3, -0.25) is 4.98 Å². The molecule has 1 rings (SSSR count). The SMILES string of the molecule is CC(C)(C)OC(=O)NCC(O)c1ccc(C(=O)O)cn1. The minimum atomic E-state index is -1.09. The number of pyridine rings is 1. The summed E-state index contributed by atoms with van der Waals surface area (Å²) in [6.07, 6.45) is -0.530. The topological polar surface area (TPSA) is 109 Å². The van der Waals surface area contributed by atoms with Gasteiger partial charge in [-0.05, 0) is 32.9 Å². The van der Waals surface area contributed by atoms with Gasteiger partial charge in [-0.1, -0.05) is 0 Å². The number of amides is 1. The van der Waals surface area contributed by atoms with Crippen LogP contribution in [0.1, 0.15) is 42.9 Å². The van der Waals surface area contributed by atoms with Crippen molar-refractivity contribution in [1.29, 1.82) is 0 Å². The third kappa shape index (κ3) is 5.23. The van der Waals surface area contributed by atoms with E-state index in [1.807, 2.05) is 0 Å². The Morgan fingerprint density at radius 2 is 2.05 bits per heavy atom. The smallest absolute Gasteiger partial charge is 0.407 e. The van der Waals surface area contributed by atoms with Crippen LogP contribution >= 0.6 is 0 Å². The molecule has 7 nitrogen and oxygen atoms in total. The first-order valence-electron chi connectivity index (χ1n) is 6.03. The molecule has 0 spiro atoms. The molecule has 7 heteroatoms. The van der Waals surface area contributed by atoms with E-state index in [4.69, 9.17) is 9.84 Å². The first-order chi connectivity index (χ1) is 9.19. The molecule has 1 aromatic rings. The lowest BCUT2D eigenvalue weighted by molar-refractivity contribution is 0.0490. The van der Waals surface area contributed by atoms with Gasteiger partial charge in [-0.25, -0.2) is 9.59 Å².